The summed E-state index contributed by atoms with van der Waals surface area (Å²) in [6, 6.07) is 15.8. The van der Waals surface area contributed by atoms with E-state index < -0.39 is 11.5 Å². The topological polar surface area (TPSA) is 74.0 Å². The molecular formula is C21H15F2N5. The van der Waals surface area contributed by atoms with Gasteiger partial charge in [-0.2, -0.15) is 9.65 Å². The van der Waals surface area contributed by atoms with E-state index in [9.17, 15) is 8.78 Å². The second-order valence-electron chi connectivity index (χ2n) is 6.48. The minimum atomic E-state index is -0.881. The van der Waals surface area contributed by atoms with Gasteiger partial charge in [0.25, 0.3) is 0 Å². The van der Waals surface area contributed by atoms with E-state index in [-0.39, 0.29) is 17.6 Å². The van der Waals surface area contributed by atoms with Gasteiger partial charge in [0.2, 0.25) is 5.95 Å². The molecule has 5 nitrogen and oxygen atoms in total. The molecule has 0 saturated carbocycles. The molecule has 0 bridgehead atoms. The van der Waals surface area contributed by atoms with Gasteiger partial charge in [-0.05, 0) is 42.8 Å². The molecule has 0 amide bonds. The van der Waals surface area contributed by atoms with E-state index in [1.54, 1.807) is 36.4 Å². The van der Waals surface area contributed by atoms with Crippen LogP contribution in [-0.4, -0.2) is 21.8 Å². The fourth-order valence-electron chi connectivity index (χ4n) is 3.49. The Morgan fingerprint density at radius 1 is 1.04 bits per heavy atom. The van der Waals surface area contributed by atoms with Crippen molar-refractivity contribution >= 4 is 5.84 Å². The number of amidine groups is 1. The van der Waals surface area contributed by atoms with Crippen LogP contribution in [0.25, 0.3) is 0 Å². The molecule has 0 saturated heterocycles. The van der Waals surface area contributed by atoms with E-state index in [0.717, 1.165) is 5.56 Å². The van der Waals surface area contributed by atoms with Gasteiger partial charge in [-0.3, -0.25) is 4.99 Å². The van der Waals surface area contributed by atoms with E-state index in [1.165, 1.54) is 24.4 Å². The molecule has 2 aromatic heterocycles. The predicted octanol–water partition coefficient (Wildman–Crippen LogP) is 3.31. The molecule has 1 N–H and O–H groups in total. The predicted molar refractivity (Wildman–Crippen MR) is 99.5 cm³/mol. The van der Waals surface area contributed by atoms with Crippen molar-refractivity contribution in [3.8, 4) is 6.07 Å². The Kier molecular flexibility index (Phi) is 4.32. The quantitative estimate of drug-likeness (QED) is 0.713. The molecule has 2 atom stereocenters. The first kappa shape index (κ1) is 17.7. The standard InChI is InChI=1S/C21H15F2N5/c1-13-21(14-5-8-16(22)9-6-14,15-7-10-19(23)25-12-15)28-20(26-13)18-4-2-3-17(11-24)27-18/h2-10,12-13H,1H3,(H,26,28)/t13-,21?/m0/s1. The molecule has 0 spiro atoms. The van der Waals surface area contributed by atoms with Gasteiger partial charge in [-0.15, -0.1) is 0 Å². The second-order valence-corrected chi connectivity index (χ2v) is 6.48. The molecule has 1 aliphatic rings. The average molecular weight is 375 g/mol. The number of benzene rings is 1. The van der Waals surface area contributed by atoms with Crippen molar-refractivity contribution in [1.29, 1.82) is 5.26 Å². The van der Waals surface area contributed by atoms with Gasteiger partial charge in [0.1, 0.15) is 34.6 Å². The number of nitrogens with zero attached hydrogens (tertiary/aromatic N) is 4. The Morgan fingerprint density at radius 2 is 1.79 bits per heavy atom. The Hall–Kier alpha value is -3.66. The molecule has 7 heteroatoms. The van der Waals surface area contributed by atoms with Crippen LogP contribution >= 0.6 is 0 Å². The van der Waals surface area contributed by atoms with Crippen LogP contribution in [-0.2, 0) is 5.54 Å². The fourth-order valence-corrected chi connectivity index (χ4v) is 3.49. The van der Waals surface area contributed by atoms with Crippen LogP contribution in [0.5, 0.6) is 0 Å². The van der Waals surface area contributed by atoms with Crippen molar-refractivity contribution in [3.63, 3.8) is 0 Å². The van der Waals surface area contributed by atoms with Crippen molar-refractivity contribution in [3.05, 3.63) is 95.1 Å². The Labute approximate surface area is 160 Å². The summed E-state index contributed by atoms with van der Waals surface area (Å²) in [7, 11) is 0. The lowest BCUT2D eigenvalue weighted by Crippen LogP contribution is -2.48. The van der Waals surface area contributed by atoms with Crippen molar-refractivity contribution in [2.45, 2.75) is 18.5 Å². The minimum Gasteiger partial charge on any atom is -0.353 e. The first-order valence-corrected chi connectivity index (χ1v) is 8.64. The number of pyridine rings is 2. The van der Waals surface area contributed by atoms with Crippen molar-refractivity contribution < 1.29 is 8.78 Å². The number of nitrogens with one attached hydrogen (secondary N) is 1. The number of aliphatic imine (C=N–C) groups is 1. The monoisotopic (exact) mass is 375 g/mol. The summed E-state index contributed by atoms with van der Waals surface area (Å²) in [6.45, 7) is 1.90. The third-order valence-electron chi connectivity index (χ3n) is 4.85. The van der Waals surface area contributed by atoms with Gasteiger partial charge in [0.05, 0.1) is 6.04 Å². The summed E-state index contributed by atoms with van der Waals surface area (Å²) in [4.78, 5) is 12.8. The molecule has 28 heavy (non-hydrogen) atoms. The number of rotatable bonds is 3. The van der Waals surface area contributed by atoms with E-state index in [4.69, 9.17) is 10.3 Å². The SMILES string of the molecule is C[C@@H]1N=C(c2cccc(C#N)n2)NC1(c1ccc(F)cc1)c1ccc(F)nc1. The molecule has 138 valence electrons. The highest BCUT2D eigenvalue weighted by Crippen LogP contribution is 2.38. The number of aromatic nitrogens is 2. The lowest BCUT2D eigenvalue weighted by molar-refractivity contribution is 0.430. The molecule has 4 rings (SSSR count). The Bertz CT molecular complexity index is 1040. The summed E-state index contributed by atoms with van der Waals surface area (Å²) in [6.07, 6.45) is 1.44. The molecule has 3 aromatic rings. The van der Waals surface area contributed by atoms with Crippen molar-refractivity contribution in [1.82, 2.24) is 15.3 Å². The van der Waals surface area contributed by atoms with Crippen LogP contribution in [0.3, 0.4) is 0 Å². The maximum Gasteiger partial charge on any atom is 0.212 e. The van der Waals surface area contributed by atoms with Crippen LogP contribution in [0.4, 0.5) is 8.78 Å². The molecule has 1 aromatic carbocycles. The van der Waals surface area contributed by atoms with Gasteiger partial charge in [0, 0.05) is 11.8 Å². The first-order chi connectivity index (χ1) is 13.5. The minimum absolute atomic E-state index is 0.275. The van der Waals surface area contributed by atoms with E-state index in [1.807, 2.05) is 13.0 Å². The average Bonchev–Trinajstić information content (AvgIpc) is 3.07. The molecule has 0 fully saturated rings. The highest BCUT2D eigenvalue weighted by Gasteiger charge is 2.45. The van der Waals surface area contributed by atoms with E-state index in [0.29, 0.717) is 17.1 Å². The zero-order valence-electron chi connectivity index (χ0n) is 14.9. The smallest absolute Gasteiger partial charge is 0.212 e. The molecular weight excluding hydrogens is 360 g/mol. The summed E-state index contributed by atoms with van der Waals surface area (Å²) in [5.41, 5.74) is 1.35. The highest BCUT2D eigenvalue weighted by atomic mass is 19.1. The molecule has 0 radical (unpaired) electrons. The normalized spacial score (nSPS) is 20.9. The molecule has 3 heterocycles. The first-order valence-electron chi connectivity index (χ1n) is 8.64. The molecule has 1 unspecified atom stereocenters. The largest absolute Gasteiger partial charge is 0.353 e. The zero-order chi connectivity index (χ0) is 19.7. The zero-order valence-corrected chi connectivity index (χ0v) is 14.9. The van der Waals surface area contributed by atoms with Crippen LogP contribution in [0, 0.1) is 23.1 Å². The summed E-state index contributed by atoms with van der Waals surface area (Å²) < 4.78 is 26.9. The summed E-state index contributed by atoms with van der Waals surface area (Å²) in [5.74, 6) is -0.447. The number of hydrogen-bond donors (Lipinski definition) is 1. The Balaban J connectivity index is 1.84. The molecule has 1 aliphatic heterocycles. The van der Waals surface area contributed by atoms with Crippen molar-refractivity contribution in [2.75, 3.05) is 0 Å². The Morgan fingerprint density at radius 3 is 2.46 bits per heavy atom. The number of halogens is 2. The van der Waals surface area contributed by atoms with Gasteiger partial charge >= 0.3 is 0 Å². The number of hydrogen-bond acceptors (Lipinski definition) is 5. The fraction of sp³-hybridized carbons (Fsp3) is 0.143. The van der Waals surface area contributed by atoms with E-state index in [2.05, 4.69) is 15.3 Å². The second kappa shape index (κ2) is 6.82. The maximum absolute atomic E-state index is 13.5. The lowest BCUT2D eigenvalue weighted by atomic mass is 9.79. The highest BCUT2D eigenvalue weighted by molar-refractivity contribution is 5.99. The summed E-state index contributed by atoms with van der Waals surface area (Å²) >= 11 is 0. The van der Waals surface area contributed by atoms with E-state index >= 15 is 0 Å². The van der Waals surface area contributed by atoms with Crippen LogP contribution in [0.2, 0.25) is 0 Å². The number of nitriles is 1. The van der Waals surface area contributed by atoms with Crippen LogP contribution in [0.15, 0.2) is 65.8 Å². The summed E-state index contributed by atoms with van der Waals surface area (Å²) in [5, 5.41) is 12.5. The van der Waals surface area contributed by atoms with Crippen molar-refractivity contribution in [2.24, 2.45) is 4.99 Å². The van der Waals surface area contributed by atoms with Crippen LogP contribution < -0.4 is 5.32 Å². The van der Waals surface area contributed by atoms with Gasteiger partial charge in [0.15, 0.2) is 0 Å². The van der Waals surface area contributed by atoms with Gasteiger partial charge < -0.3 is 5.32 Å². The van der Waals surface area contributed by atoms with Gasteiger partial charge in [-0.1, -0.05) is 24.3 Å². The third kappa shape index (κ3) is 2.89. The third-order valence-corrected chi connectivity index (χ3v) is 4.85. The lowest BCUT2D eigenvalue weighted by Gasteiger charge is -2.34. The molecule has 0 aliphatic carbocycles. The van der Waals surface area contributed by atoms with Gasteiger partial charge in [-0.25, -0.2) is 14.4 Å². The van der Waals surface area contributed by atoms with Crippen LogP contribution in [0.1, 0.15) is 29.4 Å². The maximum atomic E-state index is 13.5.